The number of rotatable bonds is 11. The summed E-state index contributed by atoms with van der Waals surface area (Å²) >= 11 is 0. The van der Waals surface area contributed by atoms with E-state index in [1.165, 1.54) is 0 Å². The molecule has 0 unspecified atom stereocenters. The average molecular weight is 235 g/mol. The van der Waals surface area contributed by atoms with Crippen LogP contribution in [0.5, 0.6) is 0 Å². The molecule has 0 aromatic rings. The van der Waals surface area contributed by atoms with Gasteiger partial charge in [0, 0.05) is 19.3 Å². The molecule has 2 N–H and O–H groups in total. The summed E-state index contributed by atoms with van der Waals surface area (Å²) in [4.78, 5) is 2.14. The topological polar surface area (TPSA) is 62.2 Å². The van der Waals surface area contributed by atoms with Crippen LogP contribution in [-0.4, -0.2) is 74.9 Å². The number of aliphatic hydroxyl groups excluding tert-OH is 2. The number of nitrogens with zero attached hydrogens (tertiary/aromatic N) is 1. The van der Waals surface area contributed by atoms with Crippen molar-refractivity contribution in [3.63, 3.8) is 0 Å². The molecule has 0 fully saturated rings. The Morgan fingerprint density at radius 1 is 0.875 bits per heavy atom. The van der Waals surface area contributed by atoms with Crippen LogP contribution in [-0.2, 0) is 9.47 Å². The number of hydrogen-bond acceptors (Lipinski definition) is 5. The largest absolute Gasteiger partial charge is 0.394 e. The monoisotopic (exact) mass is 235 g/mol. The Hall–Kier alpha value is -0.200. The third kappa shape index (κ3) is 9.06. The summed E-state index contributed by atoms with van der Waals surface area (Å²) < 4.78 is 10.5. The first kappa shape index (κ1) is 15.8. The van der Waals surface area contributed by atoms with Crippen molar-refractivity contribution < 1.29 is 19.7 Å². The van der Waals surface area contributed by atoms with Gasteiger partial charge in [0.25, 0.3) is 0 Å². The van der Waals surface area contributed by atoms with Crippen LogP contribution in [0.2, 0.25) is 0 Å². The van der Waals surface area contributed by atoms with Gasteiger partial charge in [0.2, 0.25) is 0 Å². The third-order valence-electron chi connectivity index (χ3n) is 2.39. The lowest BCUT2D eigenvalue weighted by Crippen LogP contribution is -2.30. The quantitative estimate of drug-likeness (QED) is 0.482. The number of ether oxygens (including phenoxy) is 2. The molecule has 0 aliphatic carbocycles. The van der Waals surface area contributed by atoms with Crippen LogP contribution in [0.4, 0.5) is 0 Å². The molecule has 0 aliphatic rings. The van der Waals surface area contributed by atoms with Crippen molar-refractivity contribution in [1.29, 1.82) is 0 Å². The van der Waals surface area contributed by atoms with E-state index in [1.54, 1.807) is 0 Å². The van der Waals surface area contributed by atoms with E-state index in [4.69, 9.17) is 19.7 Å². The van der Waals surface area contributed by atoms with Gasteiger partial charge in [0.15, 0.2) is 0 Å². The maximum atomic E-state index is 8.56. The summed E-state index contributed by atoms with van der Waals surface area (Å²) in [6.07, 6.45) is 1.85. The number of aliphatic hydroxyl groups is 2. The molecular formula is C11H25NO4. The molecule has 98 valence electrons. The van der Waals surface area contributed by atoms with E-state index in [0.29, 0.717) is 32.5 Å². The normalized spacial score (nSPS) is 11.6. The molecule has 16 heavy (non-hydrogen) atoms. The molecule has 5 heteroatoms. The van der Waals surface area contributed by atoms with Gasteiger partial charge < -0.3 is 24.6 Å². The van der Waals surface area contributed by atoms with Crippen LogP contribution in [0.15, 0.2) is 0 Å². The molecule has 0 radical (unpaired) electrons. The maximum absolute atomic E-state index is 8.56. The highest BCUT2D eigenvalue weighted by atomic mass is 16.5. The first-order chi connectivity index (χ1) is 7.72. The van der Waals surface area contributed by atoms with E-state index in [9.17, 15) is 0 Å². The minimum Gasteiger partial charge on any atom is -0.394 e. The SMILES string of the molecule is CN(C)C(CCOCCO)CCOCCO. The Kier molecular flexibility index (Phi) is 11.1. The molecule has 0 heterocycles. The van der Waals surface area contributed by atoms with Gasteiger partial charge in [-0.25, -0.2) is 0 Å². The Morgan fingerprint density at radius 2 is 1.31 bits per heavy atom. The van der Waals surface area contributed by atoms with Crippen molar-refractivity contribution >= 4 is 0 Å². The van der Waals surface area contributed by atoms with Crippen molar-refractivity contribution in [3.8, 4) is 0 Å². The van der Waals surface area contributed by atoms with E-state index in [0.717, 1.165) is 12.8 Å². The standard InChI is InChI=1S/C11H25NO4/c1-12(2)11(3-7-15-9-5-13)4-8-16-10-6-14/h11,13-14H,3-10H2,1-2H3. The molecule has 0 aliphatic heterocycles. The lowest BCUT2D eigenvalue weighted by molar-refractivity contribution is 0.0576. The zero-order valence-electron chi connectivity index (χ0n) is 10.4. The predicted octanol–water partition coefficient (Wildman–Crippen LogP) is -0.285. The molecule has 0 spiro atoms. The molecule has 0 amide bonds. The molecule has 0 bridgehead atoms. The van der Waals surface area contributed by atoms with Crippen molar-refractivity contribution in [3.05, 3.63) is 0 Å². The zero-order chi connectivity index (χ0) is 12.2. The lowest BCUT2D eigenvalue weighted by atomic mass is 10.1. The second kappa shape index (κ2) is 11.3. The van der Waals surface area contributed by atoms with E-state index >= 15 is 0 Å². The van der Waals surface area contributed by atoms with Crippen LogP contribution in [0, 0.1) is 0 Å². The van der Waals surface area contributed by atoms with Crippen molar-refractivity contribution in [2.75, 3.05) is 53.7 Å². The van der Waals surface area contributed by atoms with E-state index in [2.05, 4.69) is 4.90 Å². The second-order valence-corrected chi connectivity index (χ2v) is 3.87. The van der Waals surface area contributed by atoms with Gasteiger partial charge in [-0.1, -0.05) is 0 Å². The van der Waals surface area contributed by atoms with Crippen molar-refractivity contribution in [2.24, 2.45) is 0 Å². The van der Waals surface area contributed by atoms with Gasteiger partial charge in [-0.05, 0) is 26.9 Å². The summed E-state index contributed by atoms with van der Waals surface area (Å²) in [6.45, 7) is 2.27. The fraction of sp³-hybridized carbons (Fsp3) is 1.00. The third-order valence-corrected chi connectivity index (χ3v) is 2.39. The molecule has 0 rings (SSSR count). The van der Waals surface area contributed by atoms with Crippen LogP contribution < -0.4 is 0 Å². The zero-order valence-corrected chi connectivity index (χ0v) is 10.4. The smallest absolute Gasteiger partial charge is 0.0697 e. The Morgan fingerprint density at radius 3 is 1.62 bits per heavy atom. The van der Waals surface area contributed by atoms with Gasteiger partial charge in [-0.15, -0.1) is 0 Å². The van der Waals surface area contributed by atoms with Crippen molar-refractivity contribution in [2.45, 2.75) is 18.9 Å². The van der Waals surface area contributed by atoms with Crippen molar-refractivity contribution in [1.82, 2.24) is 4.90 Å². The van der Waals surface area contributed by atoms with Gasteiger partial charge in [0.1, 0.15) is 0 Å². The van der Waals surface area contributed by atoms with Gasteiger partial charge in [-0.3, -0.25) is 0 Å². The Balaban J connectivity index is 3.54. The highest BCUT2D eigenvalue weighted by Crippen LogP contribution is 2.05. The van der Waals surface area contributed by atoms with Gasteiger partial charge >= 0.3 is 0 Å². The summed E-state index contributed by atoms with van der Waals surface area (Å²) in [7, 11) is 4.06. The fourth-order valence-electron chi connectivity index (χ4n) is 1.43. The molecule has 0 saturated carbocycles. The molecule has 5 nitrogen and oxygen atoms in total. The highest BCUT2D eigenvalue weighted by Gasteiger charge is 2.10. The molecule has 0 atom stereocenters. The molecular weight excluding hydrogens is 210 g/mol. The highest BCUT2D eigenvalue weighted by molar-refractivity contribution is 4.65. The minimum absolute atomic E-state index is 0.0756. The average Bonchev–Trinajstić information content (AvgIpc) is 2.26. The Labute approximate surface area is 98.0 Å². The van der Waals surface area contributed by atoms with Gasteiger partial charge in [-0.2, -0.15) is 0 Å². The fourth-order valence-corrected chi connectivity index (χ4v) is 1.43. The van der Waals surface area contributed by atoms with Gasteiger partial charge in [0.05, 0.1) is 26.4 Å². The lowest BCUT2D eigenvalue weighted by Gasteiger charge is -2.24. The summed E-state index contributed by atoms with van der Waals surface area (Å²) in [5, 5.41) is 17.1. The van der Waals surface area contributed by atoms with E-state index < -0.39 is 0 Å². The summed E-state index contributed by atoms with van der Waals surface area (Å²) in [5.74, 6) is 0. The minimum atomic E-state index is 0.0756. The first-order valence-corrected chi connectivity index (χ1v) is 5.76. The summed E-state index contributed by atoms with van der Waals surface area (Å²) in [5.41, 5.74) is 0. The predicted molar refractivity (Wildman–Crippen MR) is 62.5 cm³/mol. The van der Waals surface area contributed by atoms with Crippen LogP contribution in [0.3, 0.4) is 0 Å². The second-order valence-electron chi connectivity index (χ2n) is 3.87. The van der Waals surface area contributed by atoms with E-state index in [1.807, 2.05) is 14.1 Å². The first-order valence-electron chi connectivity index (χ1n) is 5.76. The molecule has 0 aromatic carbocycles. The van der Waals surface area contributed by atoms with E-state index in [-0.39, 0.29) is 13.2 Å². The Bertz CT molecular complexity index is 132. The summed E-state index contributed by atoms with van der Waals surface area (Å²) in [6, 6.07) is 0.414. The van der Waals surface area contributed by atoms with Crippen LogP contribution >= 0.6 is 0 Å². The van der Waals surface area contributed by atoms with Crippen LogP contribution in [0.1, 0.15) is 12.8 Å². The maximum Gasteiger partial charge on any atom is 0.0697 e. The number of hydrogen-bond donors (Lipinski definition) is 2. The van der Waals surface area contributed by atoms with Crippen LogP contribution in [0.25, 0.3) is 0 Å². The molecule has 0 aromatic heterocycles. The molecule has 0 saturated heterocycles.